The highest BCUT2D eigenvalue weighted by Crippen LogP contribution is 2.21. The molecule has 2 aromatic heterocycles. The van der Waals surface area contributed by atoms with Gasteiger partial charge in [-0.15, -0.1) is 0 Å². The third-order valence-electron chi connectivity index (χ3n) is 3.39. The van der Waals surface area contributed by atoms with Crippen LogP contribution >= 0.6 is 0 Å². The standard InChI is InChI=1S/C16H12F2N2O4/c1-3-23-16(22)10-7-20(14-4-8(2)19-24-14)13-6-12(18)11(17)5-9(13)15(10)21/h4-7H,3H2,1-2H3. The number of nitrogens with zero attached hydrogens (tertiary/aromatic N) is 2. The SMILES string of the molecule is CCOC(=O)c1cn(-c2cc(C)no2)c2cc(F)c(F)cc2c1=O. The number of rotatable bonds is 3. The Morgan fingerprint density at radius 1 is 1.29 bits per heavy atom. The van der Waals surface area contributed by atoms with Gasteiger partial charge in [0.1, 0.15) is 5.56 Å². The maximum absolute atomic E-state index is 13.6. The van der Waals surface area contributed by atoms with Gasteiger partial charge >= 0.3 is 5.97 Å². The molecule has 6 nitrogen and oxygen atoms in total. The third-order valence-corrected chi connectivity index (χ3v) is 3.39. The number of halogens is 2. The van der Waals surface area contributed by atoms with Gasteiger partial charge in [0, 0.05) is 18.3 Å². The summed E-state index contributed by atoms with van der Waals surface area (Å²) in [6, 6.07) is 3.13. The van der Waals surface area contributed by atoms with Crippen LogP contribution in [-0.4, -0.2) is 22.3 Å². The first kappa shape index (κ1) is 15.9. The smallest absolute Gasteiger partial charge is 0.343 e. The fourth-order valence-electron chi connectivity index (χ4n) is 2.32. The number of carbonyl (C=O) groups excluding carboxylic acids is 1. The van der Waals surface area contributed by atoms with Crippen molar-refractivity contribution < 1.29 is 22.8 Å². The largest absolute Gasteiger partial charge is 0.462 e. The van der Waals surface area contributed by atoms with E-state index in [0.29, 0.717) is 5.69 Å². The molecule has 0 N–H and O–H groups in total. The first-order valence-corrected chi connectivity index (χ1v) is 7.07. The lowest BCUT2D eigenvalue weighted by Gasteiger charge is -2.10. The van der Waals surface area contributed by atoms with Gasteiger partial charge in [-0.3, -0.25) is 9.36 Å². The number of aromatic nitrogens is 2. The molecule has 24 heavy (non-hydrogen) atoms. The Bertz CT molecular complexity index is 1010. The lowest BCUT2D eigenvalue weighted by atomic mass is 10.1. The summed E-state index contributed by atoms with van der Waals surface area (Å²) in [5.41, 5.74) is -0.487. The van der Waals surface area contributed by atoms with E-state index in [1.165, 1.54) is 16.8 Å². The molecule has 0 aliphatic heterocycles. The highest BCUT2D eigenvalue weighted by Gasteiger charge is 2.20. The van der Waals surface area contributed by atoms with Gasteiger partial charge in [-0.05, 0) is 19.9 Å². The second kappa shape index (κ2) is 5.88. The van der Waals surface area contributed by atoms with E-state index in [2.05, 4.69) is 5.16 Å². The Morgan fingerprint density at radius 3 is 2.62 bits per heavy atom. The predicted molar refractivity (Wildman–Crippen MR) is 80.2 cm³/mol. The van der Waals surface area contributed by atoms with E-state index in [1.54, 1.807) is 13.8 Å². The minimum atomic E-state index is -1.19. The Kier molecular flexibility index (Phi) is 3.88. The molecule has 3 rings (SSSR count). The summed E-state index contributed by atoms with van der Waals surface area (Å²) >= 11 is 0. The minimum Gasteiger partial charge on any atom is -0.462 e. The Labute approximate surface area is 134 Å². The first-order chi connectivity index (χ1) is 11.4. The zero-order chi connectivity index (χ0) is 17.4. The number of hydrogen-bond donors (Lipinski definition) is 0. The number of pyridine rings is 1. The quantitative estimate of drug-likeness (QED) is 0.689. The Balaban J connectivity index is 2.40. The molecule has 0 aliphatic carbocycles. The fourth-order valence-corrected chi connectivity index (χ4v) is 2.32. The van der Waals surface area contributed by atoms with Crippen molar-refractivity contribution in [3.05, 3.63) is 57.5 Å². The van der Waals surface area contributed by atoms with Crippen LogP contribution in [0.3, 0.4) is 0 Å². The summed E-state index contributed by atoms with van der Waals surface area (Å²) < 4.78 is 38.4. The van der Waals surface area contributed by atoms with E-state index in [-0.39, 0.29) is 29.0 Å². The molecule has 0 fully saturated rings. The van der Waals surface area contributed by atoms with Gasteiger partial charge in [-0.1, -0.05) is 5.16 Å². The molecule has 0 amide bonds. The van der Waals surface area contributed by atoms with Crippen LogP contribution in [0.25, 0.3) is 16.8 Å². The van der Waals surface area contributed by atoms with Gasteiger partial charge in [-0.25, -0.2) is 13.6 Å². The average Bonchev–Trinajstić information content (AvgIpc) is 2.96. The summed E-state index contributed by atoms with van der Waals surface area (Å²) in [7, 11) is 0. The number of benzene rings is 1. The van der Waals surface area contributed by atoms with E-state index in [4.69, 9.17) is 9.26 Å². The van der Waals surface area contributed by atoms with E-state index in [0.717, 1.165) is 12.1 Å². The van der Waals surface area contributed by atoms with Crippen molar-refractivity contribution in [1.29, 1.82) is 0 Å². The topological polar surface area (TPSA) is 74.3 Å². The average molecular weight is 334 g/mol. The summed E-state index contributed by atoms with van der Waals surface area (Å²) in [5, 5.41) is 3.54. The Morgan fingerprint density at radius 2 is 2.00 bits per heavy atom. The maximum atomic E-state index is 13.6. The molecule has 0 spiro atoms. The van der Waals surface area contributed by atoms with E-state index in [1.807, 2.05) is 0 Å². The van der Waals surface area contributed by atoms with Crippen molar-refractivity contribution in [1.82, 2.24) is 9.72 Å². The van der Waals surface area contributed by atoms with Crippen molar-refractivity contribution in [2.75, 3.05) is 6.61 Å². The van der Waals surface area contributed by atoms with Crippen molar-refractivity contribution in [3.63, 3.8) is 0 Å². The number of esters is 1. The van der Waals surface area contributed by atoms with Gasteiger partial charge < -0.3 is 9.26 Å². The van der Waals surface area contributed by atoms with Gasteiger partial charge in [0.05, 0.1) is 23.2 Å². The fraction of sp³-hybridized carbons (Fsp3) is 0.188. The number of ether oxygens (including phenoxy) is 1. The van der Waals surface area contributed by atoms with Crippen molar-refractivity contribution in [3.8, 4) is 5.88 Å². The van der Waals surface area contributed by atoms with Crippen LogP contribution in [-0.2, 0) is 4.74 Å². The molecule has 0 bridgehead atoms. The lowest BCUT2D eigenvalue weighted by Crippen LogP contribution is -2.20. The summed E-state index contributed by atoms with van der Waals surface area (Å²) in [6.45, 7) is 3.33. The molecule has 1 aromatic carbocycles. The zero-order valence-electron chi connectivity index (χ0n) is 12.8. The van der Waals surface area contributed by atoms with Crippen LogP contribution in [0.2, 0.25) is 0 Å². The number of carbonyl (C=O) groups is 1. The summed E-state index contributed by atoms with van der Waals surface area (Å²) in [6.07, 6.45) is 1.17. The van der Waals surface area contributed by atoms with E-state index >= 15 is 0 Å². The summed E-state index contributed by atoms with van der Waals surface area (Å²) in [5.74, 6) is -3.04. The van der Waals surface area contributed by atoms with Gasteiger partial charge in [0.15, 0.2) is 11.6 Å². The Hall–Kier alpha value is -3.03. The molecule has 8 heteroatoms. The second-order valence-electron chi connectivity index (χ2n) is 5.05. The van der Waals surface area contributed by atoms with Crippen LogP contribution in [0, 0.1) is 18.6 Å². The highest BCUT2D eigenvalue weighted by molar-refractivity contribution is 5.94. The molecule has 2 heterocycles. The molecule has 0 saturated carbocycles. The van der Waals surface area contributed by atoms with Gasteiger partial charge in [0.2, 0.25) is 11.3 Å². The monoisotopic (exact) mass is 334 g/mol. The highest BCUT2D eigenvalue weighted by atomic mass is 19.2. The predicted octanol–water partition coefficient (Wildman–Crippen LogP) is 2.74. The van der Waals surface area contributed by atoms with Crippen LogP contribution in [0.1, 0.15) is 23.0 Å². The van der Waals surface area contributed by atoms with E-state index < -0.39 is 23.0 Å². The lowest BCUT2D eigenvalue weighted by molar-refractivity contribution is 0.0524. The van der Waals surface area contributed by atoms with Gasteiger partial charge in [0.25, 0.3) is 0 Å². The third kappa shape index (κ3) is 2.55. The maximum Gasteiger partial charge on any atom is 0.343 e. The van der Waals surface area contributed by atoms with E-state index in [9.17, 15) is 18.4 Å². The molecule has 3 aromatic rings. The number of hydrogen-bond acceptors (Lipinski definition) is 5. The zero-order valence-corrected chi connectivity index (χ0v) is 12.8. The number of fused-ring (bicyclic) bond motifs is 1. The van der Waals surface area contributed by atoms with Crippen LogP contribution in [0.5, 0.6) is 0 Å². The molecule has 0 unspecified atom stereocenters. The molecular weight excluding hydrogens is 322 g/mol. The molecule has 0 radical (unpaired) electrons. The van der Waals surface area contributed by atoms with Crippen LogP contribution in [0.4, 0.5) is 8.78 Å². The van der Waals surface area contributed by atoms with Gasteiger partial charge in [-0.2, -0.15) is 0 Å². The molecule has 0 atom stereocenters. The normalized spacial score (nSPS) is 11.0. The summed E-state index contributed by atoms with van der Waals surface area (Å²) in [4.78, 5) is 24.4. The second-order valence-corrected chi connectivity index (χ2v) is 5.05. The van der Waals surface area contributed by atoms with Crippen molar-refractivity contribution in [2.45, 2.75) is 13.8 Å². The number of aryl methyl sites for hydroxylation is 1. The van der Waals surface area contributed by atoms with Crippen molar-refractivity contribution in [2.24, 2.45) is 0 Å². The van der Waals surface area contributed by atoms with Crippen LogP contribution < -0.4 is 5.43 Å². The molecule has 124 valence electrons. The molecular formula is C16H12F2N2O4. The van der Waals surface area contributed by atoms with Crippen molar-refractivity contribution >= 4 is 16.9 Å². The first-order valence-electron chi connectivity index (χ1n) is 7.07. The van der Waals surface area contributed by atoms with Crippen LogP contribution in [0.15, 0.2) is 33.7 Å². The minimum absolute atomic E-state index is 0.0445. The molecule has 0 saturated heterocycles. The molecule has 0 aliphatic rings.